The number of urea groups is 1. The summed E-state index contributed by atoms with van der Waals surface area (Å²) in [6.45, 7) is 2.95. The van der Waals surface area contributed by atoms with E-state index in [-0.39, 0.29) is 11.8 Å². The van der Waals surface area contributed by atoms with Crippen LogP contribution in [-0.4, -0.2) is 12.6 Å². The third-order valence-corrected chi connectivity index (χ3v) is 4.48. The van der Waals surface area contributed by atoms with Gasteiger partial charge in [-0.15, -0.1) is 0 Å². The summed E-state index contributed by atoms with van der Waals surface area (Å²) in [5, 5.41) is 5.39. The smallest absolute Gasteiger partial charge is 0.323 e. The molecule has 0 aliphatic rings. The molecule has 0 saturated carbocycles. The Kier molecular flexibility index (Phi) is 9.91. The Bertz CT molecular complexity index is 687. The van der Waals surface area contributed by atoms with Gasteiger partial charge in [0.1, 0.15) is 11.6 Å². The Balaban J connectivity index is 1.60. The highest BCUT2D eigenvalue weighted by atomic mass is 19.1. The van der Waals surface area contributed by atoms with E-state index in [1.165, 1.54) is 69.2 Å². The first-order chi connectivity index (χ1) is 13.7. The molecule has 2 amide bonds. The largest absolute Gasteiger partial charge is 0.494 e. The van der Waals surface area contributed by atoms with Gasteiger partial charge in [0.2, 0.25) is 0 Å². The van der Waals surface area contributed by atoms with Crippen LogP contribution in [0.15, 0.2) is 48.5 Å². The van der Waals surface area contributed by atoms with Crippen LogP contribution in [0.1, 0.15) is 58.3 Å². The lowest BCUT2D eigenvalue weighted by Crippen LogP contribution is -2.19. The number of nitrogens with one attached hydrogen (secondary N) is 2. The predicted octanol–water partition coefficient (Wildman–Crippen LogP) is 6.99. The summed E-state index contributed by atoms with van der Waals surface area (Å²) >= 11 is 0. The third kappa shape index (κ3) is 8.89. The molecule has 2 aromatic rings. The lowest BCUT2D eigenvalue weighted by Gasteiger charge is -2.09. The summed E-state index contributed by atoms with van der Waals surface area (Å²) in [4.78, 5) is 12.0. The maximum Gasteiger partial charge on any atom is 0.323 e. The molecule has 2 N–H and O–H groups in total. The number of halogens is 1. The van der Waals surface area contributed by atoms with Gasteiger partial charge in [0.05, 0.1) is 6.61 Å². The van der Waals surface area contributed by atoms with Crippen molar-refractivity contribution < 1.29 is 13.9 Å². The zero-order chi connectivity index (χ0) is 20.0. The van der Waals surface area contributed by atoms with Crippen molar-refractivity contribution in [3.63, 3.8) is 0 Å². The highest BCUT2D eigenvalue weighted by Gasteiger charge is 2.03. The normalized spacial score (nSPS) is 10.5. The molecule has 0 aromatic heterocycles. The molecular formula is C23H31FN2O2. The van der Waals surface area contributed by atoms with Crippen molar-refractivity contribution in [2.24, 2.45) is 0 Å². The number of carbonyl (C=O) groups excluding carboxylic acids is 1. The molecule has 0 atom stereocenters. The SMILES string of the molecule is CCCCCCCCCCOc1ccc(NC(=O)Nc2ccc(F)cc2)cc1. The molecule has 0 bridgehead atoms. The molecule has 0 aliphatic heterocycles. The van der Waals surface area contributed by atoms with Crippen LogP contribution in [0.4, 0.5) is 20.6 Å². The summed E-state index contributed by atoms with van der Waals surface area (Å²) in [5.41, 5.74) is 1.20. The van der Waals surface area contributed by atoms with Gasteiger partial charge in [-0.25, -0.2) is 9.18 Å². The fourth-order valence-corrected chi connectivity index (χ4v) is 2.89. The van der Waals surface area contributed by atoms with Crippen LogP contribution in [0.25, 0.3) is 0 Å². The summed E-state index contributed by atoms with van der Waals surface area (Å²) in [6, 6.07) is 12.5. The molecule has 0 radical (unpaired) electrons. The van der Waals surface area contributed by atoms with Crippen LogP contribution in [0, 0.1) is 5.82 Å². The van der Waals surface area contributed by atoms with Crippen molar-refractivity contribution in [3.8, 4) is 5.75 Å². The Labute approximate surface area is 167 Å². The number of carbonyl (C=O) groups is 1. The summed E-state index contributed by atoms with van der Waals surface area (Å²) in [7, 11) is 0. The first-order valence-corrected chi connectivity index (χ1v) is 10.2. The molecule has 0 saturated heterocycles. The number of benzene rings is 2. The average molecular weight is 387 g/mol. The molecule has 0 unspecified atom stereocenters. The number of ether oxygens (including phenoxy) is 1. The lowest BCUT2D eigenvalue weighted by atomic mass is 10.1. The number of amides is 2. The van der Waals surface area contributed by atoms with Crippen molar-refractivity contribution in [2.75, 3.05) is 17.2 Å². The van der Waals surface area contributed by atoms with E-state index in [0.29, 0.717) is 18.0 Å². The fraction of sp³-hybridized carbons (Fsp3) is 0.435. The molecule has 0 heterocycles. The van der Waals surface area contributed by atoms with E-state index in [9.17, 15) is 9.18 Å². The van der Waals surface area contributed by atoms with Crippen LogP contribution < -0.4 is 15.4 Å². The molecule has 2 aromatic carbocycles. The number of hydrogen-bond donors (Lipinski definition) is 2. The molecule has 4 nitrogen and oxygen atoms in total. The van der Waals surface area contributed by atoms with E-state index in [1.807, 2.05) is 12.1 Å². The second-order valence-electron chi connectivity index (χ2n) is 6.93. The van der Waals surface area contributed by atoms with Crippen LogP contribution in [0.2, 0.25) is 0 Å². The maximum atomic E-state index is 12.9. The van der Waals surface area contributed by atoms with E-state index in [0.717, 1.165) is 12.2 Å². The van der Waals surface area contributed by atoms with Gasteiger partial charge in [-0.1, -0.05) is 51.9 Å². The summed E-state index contributed by atoms with van der Waals surface area (Å²) in [6.07, 6.45) is 10.2. The van der Waals surface area contributed by atoms with Gasteiger partial charge in [-0.2, -0.15) is 0 Å². The first kappa shape index (κ1) is 21.7. The van der Waals surface area contributed by atoms with Crippen LogP contribution >= 0.6 is 0 Å². The minimum Gasteiger partial charge on any atom is -0.494 e. The van der Waals surface area contributed by atoms with Crippen molar-refractivity contribution >= 4 is 17.4 Å². The standard InChI is InChI=1S/C23H31FN2O2/c1-2-3-4-5-6-7-8-9-18-28-22-16-14-21(15-17-22)26-23(27)25-20-12-10-19(24)11-13-20/h10-17H,2-9,18H2,1H3,(H2,25,26,27). The van der Waals surface area contributed by atoms with Crippen LogP contribution in [0.5, 0.6) is 5.75 Å². The van der Waals surface area contributed by atoms with E-state index in [2.05, 4.69) is 17.6 Å². The van der Waals surface area contributed by atoms with Gasteiger partial charge < -0.3 is 15.4 Å². The Morgan fingerprint density at radius 2 is 1.29 bits per heavy atom. The molecule has 5 heteroatoms. The van der Waals surface area contributed by atoms with Crippen molar-refractivity contribution in [2.45, 2.75) is 58.3 Å². The minimum atomic E-state index is -0.376. The lowest BCUT2D eigenvalue weighted by molar-refractivity contribution is 0.262. The van der Waals surface area contributed by atoms with E-state index in [4.69, 9.17) is 4.74 Å². The quantitative estimate of drug-likeness (QED) is 0.386. The predicted molar refractivity (Wildman–Crippen MR) is 114 cm³/mol. The second kappa shape index (κ2) is 12.8. The third-order valence-electron chi connectivity index (χ3n) is 4.48. The van der Waals surface area contributed by atoms with Gasteiger partial charge >= 0.3 is 6.03 Å². The Hall–Kier alpha value is -2.56. The second-order valence-corrected chi connectivity index (χ2v) is 6.93. The number of unbranched alkanes of at least 4 members (excludes halogenated alkanes) is 7. The molecular weight excluding hydrogens is 355 g/mol. The number of hydrogen-bond acceptors (Lipinski definition) is 2. The van der Waals surface area contributed by atoms with Gasteiger partial charge in [-0.3, -0.25) is 0 Å². The summed E-state index contributed by atoms with van der Waals surface area (Å²) in [5.74, 6) is 0.459. The molecule has 152 valence electrons. The molecule has 28 heavy (non-hydrogen) atoms. The highest BCUT2D eigenvalue weighted by molar-refractivity contribution is 5.99. The van der Waals surface area contributed by atoms with E-state index >= 15 is 0 Å². The molecule has 0 aliphatic carbocycles. The van der Waals surface area contributed by atoms with Crippen molar-refractivity contribution in [1.29, 1.82) is 0 Å². The zero-order valence-electron chi connectivity index (χ0n) is 16.7. The monoisotopic (exact) mass is 386 g/mol. The first-order valence-electron chi connectivity index (χ1n) is 10.2. The molecule has 2 rings (SSSR count). The Morgan fingerprint density at radius 3 is 1.86 bits per heavy atom. The van der Waals surface area contributed by atoms with Crippen molar-refractivity contribution in [1.82, 2.24) is 0 Å². The Morgan fingerprint density at radius 1 is 0.786 bits per heavy atom. The van der Waals surface area contributed by atoms with E-state index < -0.39 is 0 Å². The van der Waals surface area contributed by atoms with Crippen LogP contribution in [0.3, 0.4) is 0 Å². The number of rotatable bonds is 12. The van der Waals surface area contributed by atoms with Gasteiger partial charge in [0.25, 0.3) is 0 Å². The summed E-state index contributed by atoms with van der Waals surface area (Å²) < 4.78 is 18.6. The zero-order valence-corrected chi connectivity index (χ0v) is 16.7. The molecule has 0 fully saturated rings. The highest BCUT2D eigenvalue weighted by Crippen LogP contribution is 2.17. The topological polar surface area (TPSA) is 50.4 Å². The maximum absolute atomic E-state index is 12.9. The number of anilines is 2. The minimum absolute atomic E-state index is 0.339. The fourth-order valence-electron chi connectivity index (χ4n) is 2.89. The van der Waals surface area contributed by atoms with Gasteiger partial charge in [0.15, 0.2) is 0 Å². The average Bonchev–Trinajstić information content (AvgIpc) is 2.70. The van der Waals surface area contributed by atoms with Crippen molar-refractivity contribution in [3.05, 3.63) is 54.3 Å². The van der Waals surface area contributed by atoms with Gasteiger partial charge in [0, 0.05) is 11.4 Å². The van der Waals surface area contributed by atoms with Crippen LogP contribution in [-0.2, 0) is 0 Å². The van der Waals surface area contributed by atoms with E-state index in [1.54, 1.807) is 12.1 Å². The molecule has 0 spiro atoms. The van der Waals surface area contributed by atoms with Gasteiger partial charge in [-0.05, 0) is 55.0 Å².